The van der Waals surface area contributed by atoms with Crippen LogP contribution in [0.5, 0.6) is 11.5 Å². The van der Waals surface area contributed by atoms with Crippen LogP contribution in [-0.4, -0.2) is 36.3 Å². The molecule has 0 bridgehead atoms. The van der Waals surface area contributed by atoms with Gasteiger partial charge in [0.25, 0.3) is 0 Å². The van der Waals surface area contributed by atoms with E-state index >= 15 is 0 Å². The molecule has 0 spiro atoms. The molecule has 0 radical (unpaired) electrons. The standard InChI is InChI=1S/C23H22N2O3/c1(3-20-4-2-12-26-20)10-25-11-8-19(15-25)17-7-9-24-21(13-17)18-5-6-22-23(14-18)28-16-27-22/h1-7,9,12-14,19H,8,10-11,15-16H2/b3-1+/t19-/m0/s1. The zero-order valence-electron chi connectivity index (χ0n) is 15.6. The third-order valence-electron chi connectivity index (χ3n) is 5.39. The number of benzene rings is 1. The van der Waals surface area contributed by atoms with Gasteiger partial charge >= 0.3 is 0 Å². The van der Waals surface area contributed by atoms with Crippen molar-refractivity contribution in [3.05, 3.63) is 72.3 Å². The van der Waals surface area contributed by atoms with E-state index in [0.717, 1.165) is 48.2 Å². The van der Waals surface area contributed by atoms with Gasteiger partial charge in [-0.05, 0) is 73.0 Å². The van der Waals surface area contributed by atoms with E-state index in [1.807, 2.05) is 42.6 Å². The molecule has 2 aliphatic rings. The van der Waals surface area contributed by atoms with Crippen molar-refractivity contribution in [2.75, 3.05) is 26.4 Å². The second-order valence-corrected chi connectivity index (χ2v) is 7.21. The summed E-state index contributed by atoms with van der Waals surface area (Å²) in [7, 11) is 0. The summed E-state index contributed by atoms with van der Waals surface area (Å²) in [5, 5.41) is 0. The summed E-state index contributed by atoms with van der Waals surface area (Å²) in [6.45, 7) is 3.40. The number of rotatable bonds is 5. The lowest BCUT2D eigenvalue weighted by Crippen LogP contribution is -2.20. The molecule has 2 aromatic heterocycles. The lowest BCUT2D eigenvalue weighted by molar-refractivity contribution is 0.174. The quantitative estimate of drug-likeness (QED) is 0.655. The fourth-order valence-electron chi connectivity index (χ4n) is 3.89. The van der Waals surface area contributed by atoms with Crippen molar-refractivity contribution in [1.82, 2.24) is 9.88 Å². The topological polar surface area (TPSA) is 47.7 Å². The van der Waals surface area contributed by atoms with E-state index in [9.17, 15) is 0 Å². The number of fused-ring (bicyclic) bond motifs is 1. The molecule has 3 aromatic rings. The summed E-state index contributed by atoms with van der Waals surface area (Å²) in [5.74, 6) is 3.03. The van der Waals surface area contributed by atoms with Gasteiger partial charge in [-0.25, -0.2) is 0 Å². The smallest absolute Gasteiger partial charge is 0.231 e. The monoisotopic (exact) mass is 374 g/mol. The maximum atomic E-state index is 5.50. The molecule has 2 aliphatic heterocycles. The molecule has 0 saturated carbocycles. The third kappa shape index (κ3) is 3.53. The van der Waals surface area contributed by atoms with Crippen LogP contribution < -0.4 is 9.47 Å². The Morgan fingerprint density at radius 3 is 3.00 bits per heavy atom. The molecule has 1 atom stereocenters. The van der Waals surface area contributed by atoms with Crippen LogP contribution in [0.1, 0.15) is 23.7 Å². The minimum Gasteiger partial charge on any atom is -0.465 e. The van der Waals surface area contributed by atoms with Crippen LogP contribution in [0.4, 0.5) is 0 Å². The van der Waals surface area contributed by atoms with Crippen LogP contribution in [0, 0.1) is 0 Å². The van der Waals surface area contributed by atoms with Gasteiger partial charge in [0.1, 0.15) is 5.76 Å². The largest absolute Gasteiger partial charge is 0.465 e. The van der Waals surface area contributed by atoms with Crippen LogP contribution in [-0.2, 0) is 0 Å². The highest BCUT2D eigenvalue weighted by Crippen LogP contribution is 2.36. The second kappa shape index (κ2) is 7.52. The maximum absolute atomic E-state index is 5.50. The number of pyridine rings is 1. The van der Waals surface area contributed by atoms with E-state index in [1.54, 1.807) is 6.26 Å². The number of hydrogen-bond acceptors (Lipinski definition) is 5. The van der Waals surface area contributed by atoms with E-state index in [1.165, 1.54) is 12.0 Å². The van der Waals surface area contributed by atoms with Gasteiger partial charge in [-0.15, -0.1) is 0 Å². The molecule has 142 valence electrons. The first-order valence-electron chi connectivity index (χ1n) is 9.63. The Balaban J connectivity index is 1.26. The molecule has 0 unspecified atom stereocenters. The Hall–Kier alpha value is -3.05. The fraction of sp³-hybridized carbons (Fsp3) is 0.261. The summed E-state index contributed by atoms with van der Waals surface area (Å²) in [6.07, 6.45) is 8.99. The van der Waals surface area contributed by atoms with Crippen LogP contribution in [0.15, 0.2) is 65.4 Å². The summed E-state index contributed by atoms with van der Waals surface area (Å²) < 4.78 is 16.2. The van der Waals surface area contributed by atoms with E-state index < -0.39 is 0 Å². The summed E-state index contributed by atoms with van der Waals surface area (Å²) in [5.41, 5.74) is 3.38. The van der Waals surface area contributed by atoms with Gasteiger partial charge in [-0.2, -0.15) is 0 Å². The predicted octanol–water partition coefficient (Wildman–Crippen LogP) is 4.57. The minimum atomic E-state index is 0.290. The summed E-state index contributed by atoms with van der Waals surface area (Å²) in [4.78, 5) is 7.05. The molecule has 5 nitrogen and oxygen atoms in total. The zero-order chi connectivity index (χ0) is 18.8. The molecule has 4 heterocycles. The molecule has 5 rings (SSSR count). The number of hydrogen-bond donors (Lipinski definition) is 0. The summed E-state index contributed by atoms with van der Waals surface area (Å²) in [6, 6.07) is 14.2. The maximum Gasteiger partial charge on any atom is 0.231 e. The van der Waals surface area contributed by atoms with Crippen LogP contribution in [0.25, 0.3) is 17.3 Å². The first kappa shape index (κ1) is 17.1. The average Bonchev–Trinajstić information content (AvgIpc) is 3.49. The summed E-state index contributed by atoms with van der Waals surface area (Å²) >= 11 is 0. The van der Waals surface area contributed by atoms with Crippen molar-refractivity contribution >= 4 is 6.08 Å². The molecule has 1 aromatic carbocycles. The highest BCUT2D eigenvalue weighted by atomic mass is 16.7. The first-order valence-corrected chi connectivity index (χ1v) is 9.63. The van der Waals surface area contributed by atoms with E-state index in [2.05, 4.69) is 28.1 Å². The molecule has 1 saturated heterocycles. The Kier molecular flexibility index (Phi) is 4.59. The van der Waals surface area contributed by atoms with Gasteiger partial charge in [0, 0.05) is 24.8 Å². The van der Waals surface area contributed by atoms with Crippen LogP contribution in [0.2, 0.25) is 0 Å². The molecular formula is C23H22N2O3. The molecule has 1 fully saturated rings. The number of likely N-dealkylation sites (tertiary alicyclic amines) is 1. The van der Waals surface area contributed by atoms with Crippen LogP contribution >= 0.6 is 0 Å². The Bertz CT molecular complexity index is 981. The number of aromatic nitrogens is 1. The SMILES string of the molecule is C(=C\c1ccco1)/CN1CC[C@H](c2ccnc(-c3ccc4c(c3)OCO4)c2)C1. The Morgan fingerprint density at radius 2 is 2.07 bits per heavy atom. The van der Waals surface area contributed by atoms with E-state index in [4.69, 9.17) is 13.9 Å². The predicted molar refractivity (Wildman–Crippen MR) is 107 cm³/mol. The fourth-order valence-corrected chi connectivity index (χ4v) is 3.89. The minimum absolute atomic E-state index is 0.290. The van der Waals surface area contributed by atoms with Gasteiger partial charge in [0.15, 0.2) is 11.5 Å². The van der Waals surface area contributed by atoms with Crippen molar-refractivity contribution < 1.29 is 13.9 Å². The molecule has 0 aliphatic carbocycles. The van der Waals surface area contributed by atoms with Crippen molar-refractivity contribution in [2.24, 2.45) is 0 Å². The molecule has 5 heteroatoms. The van der Waals surface area contributed by atoms with Gasteiger partial charge in [-0.1, -0.05) is 6.08 Å². The molecular weight excluding hydrogens is 352 g/mol. The lowest BCUT2D eigenvalue weighted by Gasteiger charge is -2.14. The molecule has 0 N–H and O–H groups in total. The average molecular weight is 374 g/mol. The number of nitrogens with zero attached hydrogens (tertiary/aromatic N) is 2. The third-order valence-corrected chi connectivity index (χ3v) is 5.39. The highest BCUT2D eigenvalue weighted by molar-refractivity contribution is 5.65. The molecule has 28 heavy (non-hydrogen) atoms. The van der Waals surface area contributed by atoms with E-state index in [-0.39, 0.29) is 0 Å². The second-order valence-electron chi connectivity index (χ2n) is 7.21. The number of ether oxygens (including phenoxy) is 2. The van der Waals surface area contributed by atoms with Gasteiger partial charge < -0.3 is 13.9 Å². The first-order chi connectivity index (χ1) is 13.8. The van der Waals surface area contributed by atoms with Gasteiger partial charge in [0.2, 0.25) is 6.79 Å². The Morgan fingerprint density at radius 1 is 1.11 bits per heavy atom. The van der Waals surface area contributed by atoms with Crippen molar-refractivity contribution in [1.29, 1.82) is 0 Å². The number of furan rings is 1. The van der Waals surface area contributed by atoms with Crippen LogP contribution in [0.3, 0.4) is 0 Å². The van der Waals surface area contributed by atoms with Gasteiger partial charge in [-0.3, -0.25) is 9.88 Å². The van der Waals surface area contributed by atoms with Crippen molar-refractivity contribution in [3.63, 3.8) is 0 Å². The normalized spacial score (nSPS) is 18.9. The van der Waals surface area contributed by atoms with Crippen molar-refractivity contribution in [3.8, 4) is 22.8 Å². The van der Waals surface area contributed by atoms with Gasteiger partial charge in [0.05, 0.1) is 12.0 Å². The zero-order valence-corrected chi connectivity index (χ0v) is 15.6. The molecule has 0 amide bonds. The highest BCUT2D eigenvalue weighted by Gasteiger charge is 2.23. The van der Waals surface area contributed by atoms with Crippen molar-refractivity contribution in [2.45, 2.75) is 12.3 Å². The Labute approximate surface area is 164 Å². The lowest BCUT2D eigenvalue weighted by atomic mass is 9.97. The van der Waals surface area contributed by atoms with E-state index in [0.29, 0.717) is 12.7 Å².